The van der Waals surface area contributed by atoms with Gasteiger partial charge in [0.2, 0.25) is 0 Å². The summed E-state index contributed by atoms with van der Waals surface area (Å²) in [5.74, 6) is -0.924. The van der Waals surface area contributed by atoms with Crippen LogP contribution in [-0.4, -0.2) is 11.2 Å². The molecular formula is C20H21F2NOS. The number of carbonyl (C=O) groups excluding carboxylic acids is 1. The largest absolute Gasteiger partial charge is 0.322 e. The lowest BCUT2D eigenvalue weighted by Gasteiger charge is -2.21. The monoisotopic (exact) mass is 361 g/mol. The van der Waals surface area contributed by atoms with Crippen LogP contribution in [0.15, 0.2) is 41.3 Å². The Morgan fingerprint density at radius 3 is 2.48 bits per heavy atom. The Balaban J connectivity index is 1.73. The van der Waals surface area contributed by atoms with Crippen LogP contribution in [0.25, 0.3) is 0 Å². The van der Waals surface area contributed by atoms with Crippen molar-refractivity contribution < 1.29 is 13.6 Å². The van der Waals surface area contributed by atoms with E-state index in [4.69, 9.17) is 0 Å². The van der Waals surface area contributed by atoms with Crippen LogP contribution in [0, 0.1) is 18.6 Å². The summed E-state index contributed by atoms with van der Waals surface area (Å²) in [4.78, 5) is 13.0. The summed E-state index contributed by atoms with van der Waals surface area (Å²) < 4.78 is 27.4. The summed E-state index contributed by atoms with van der Waals surface area (Å²) in [6, 6.07) is 8.85. The zero-order valence-corrected chi connectivity index (χ0v) is 15.0. The number of halogens is 2. The highest BCUT2D eigenvalue weighted by atomic mass is 32.2. The third-order valence-corrected chi connectivity index (χ3v) is 5.83. The van der Waals surface area contributed by atoms with Gasteiger partial charge in [0.05, 0.1) is 0 Å². The van der Waals surface area contributed by atoms with Gasteiger partial charge in [0.15, 0.2) is 0 Å². The van der Waals surface area contributed by atoms with E-state index in [0.717, 1.165) is 12.8 Å². The fourth-order valence-electron chi connectivity index (χ4n) is 3.02. The van der Waals surface area contributed by atoms with Crippen LogP contribution < -0.4 is 5.32 Å². The molecule has 1 saturated carbocycles. The SMILES string of the molecule is Cc1cc(NC(=O)c2ccc(F)c(SC3CCCCC3)c2)ccc1F. The first kappa shape index (κ1) is 17.9. The molecule has 0 aliphatic heterocycles. The molecule has 0 radical (unpaired) electrons. The molecule has 1 aliphatic rings. The highest BCUT2D eigenvalue weighted by molar-refractivity contribution is 8.00. The molecule has 0 bridgehead atoms. The fraction of sp³-hybridized carbons (Fsp3) is 0.350. The number of carbonyl (C=O) groups is 1. The first-order valence-corrected chi connectivity index (χ1v) is 9.44. The van der Waals surface area contributed by atoms with Crippen molar-refractivity contribution in [2.45, 2.75) is 49.2 Å². The molecule has 2 aromatic carbocycles. The quantitative estimate of drug-likeness (QED) is 0.729. The second-order valence-electron chi connectivity index (χ2n) is 6.44. The molecule has 2 nitrogen and oxygen atoms in total. The van der Waals surface area contributed by atoms with Crippen molar-refractivity contribution >= 4 is 23.4 Å². The average molecular weight is 361 g/mol. The highest BCUT2D eigenvalue weighted by Crippen LogP contribution is 2.35. The predicted octanol–water partition coefficient (Wildman–Crippen LogP) is 5.95. The van der Waals surface area contributed by atoms with Crippen molar-refractivity contribution in [3.8, 4) is 0 Å². The summed E-state index contributed by atoms with van der Waals surface area (Å²) in [6.07, 6.45) is 5.80. The smallest absolute Gasteiger partial charge is 0.255 e. The Bertz CT molecular complexity index is 772. The van der Waals surface area contributed by atoms with Crippen molar-refractivity contribution in [1.29, 1.82) is 0 Å². The predicted molar refractivity (Wildman–Crippen MR) is 98.2 cm³/mol. The highest BCUT2D eigenvalue weighted by Gasteiger charge is 2.18. The van der Waals surface area contributed by atoms with E-state index in [2.05, 4.69) is 5.32 Å². The third-order valence-electron chi connectivity index (χ3n) is 4.46. The molecule has 1 N–H and O–H groups in total. The molecular weight excluding hydrogens is 340 g/mol. The molecule has 25 heavy (non-hydrogen) atoms. The van der Waals surface area contributed by atoms with Crippen LogP contribution >= 0.6 is 11.8 Å². The van der Waals surface area contributed by atoms with Gasteiger partial charge in [-0.1, -0.05) is 19.3 Å². The average Bonchev–Trinajstić information content (AvgIpc) is 2.61. The van der Waals surface area contributed by atoms with Gasteiger partial charge in [-0.15, -0.1) is 11.8 Å². The number of rotatable bonds is 4. The minimum atomic E-state index is -0.323. The lowest BCUT2D eigenvalue weighted by Crippen LogP contribution is -2.13. The molecule has 1 amide bonds. The van der Waals surface area contributed by atoms with Gasteiger partial charge in [-0.05, 0) is 61.7 Å². The number of thioether (sulfide) groups is 1. The van der Waals surface area contributed by atoms with E-state index >= 15 is 0 Å². The van der Waals surface area contributed by atoms with E-state index in [-0.39, 0.29) is 17.5 Å². The fourth-order valence-corrected chi connectivity index (χ4v) is 4.33. The molecule has 5 heteroatoms. The van der Waals surface area contributed by atoms with Crippen molar-refractivity contribution in [3.63, 3.8) is 0 Å². The number of anilines is 1. The maximum Gasteiger partial charge on any atom is 0.255 e. The second kappa shape index (κ2) is 8.00. The topological polar surface area (TPSA) is 29.1 Å². The number of hydrogen-bond donors (Lipinski definition) is 1. The minimum absolute atomic E-state index is 0.287. The molecule has 132 valence electrons. The van der Waals surface area contributed by atoms with Crippen molar-refractivity contribution in [2.75, 3.05) is 5.32 Å². The number of amides is 1. The molecule has 1 fully saturated rings. The molecule has 0 spiro atoms. The molecule has 1 aliphatic carbocycles. The van der Waals surface area contributed by atoms with E-state index < -0.39 is 0 Å². The zero-order chi connectivity index (χ0) is 17.8. The van der Waals surface area contributed by atoms with E-state index in [9.17, 15) is 13.6 Å². The number of benzene rings is 2. The van der Waals surface area contributed by atoms with Gasteiger partial charge in [-0.25, -0.2) is 8.78 Å². The van der Waals surface area contributed by atoms with Gasteiger partial charge in [0.25, 0.3) is 5.91 Å². The Morgan fingerprint density at radius 2 is 1.76 bits per heavy atom. The van der Waals surface area contributed by atoms with Crippen molar-refractivity contribution in [2.24, 2.45) is 0 Å². The van der Waals surface area contributed by atoms with Gasteiger partial charge in [-0.2, -0.15) is 0 Å². The van der Waals surface area contributed by atoms with Gasteiger partial charge in [-0.3, -0.25) is 4.79 Å². The molecule has 0 unspecified atom stereocenters. The molecule has 0 atom stereocenters. The molecule has 2 aromatic rings. The van der Waals surface area contributed by atoms with Crippen LogP contribution in [0.5, 0.6) is 0 Å². The lowest BCUT2D eigenvalue weighted by atomic mass is 10.0. The van der Waals surface area contributed by atoms with E-state index in [0.29, 0.717) is 27.0 Å². The summed E-state index contributed by atoms with van der Waals surface area (Å²) in [5, 5.41) is 3.16. The van der Waals surface area contributed by atoms with Gasteiger partial charge >= 0.3 is 0 Å². The van der Waals surface area contributed by atoms with E-state index in [1.165, 1.54) is 55.3 Å². The van der Waals surface area contributed by atoms with Gasteiger partial charge in [0.1, 0.15) is 11.6 Å². The Morgan fingerprint density at radius 1 is 1.04 bits per heavy atom. The van der Waals surface area contributed by atoms with Gasteiger partial charge in [0, 0.05) is 21.4 Å². The molecule has 0 aromatic heterocycles. The Kier molecular flexibility index (Phi) is 5.74. The third kappa shape index (κ3) is 4.60. The standard InChI is InChI=1S/C20H21F2NOS/c1-13-11-15(8-10-17(13)21)23-20(24)14-7-9-18(22)19(12-14)25-16-5-3-2-4-6-16/h7-12,16H,2-6H2,1H3,(H,23,24). The van der Waals surface area contributed by atoms with Crippen molar-refractivity contribution in [3.05, 3.63) is 59.2 Å². The molecule has 0 heterocycles. The summed E-state index contributed by atoms with van der Waals surface area (Å²) >= 11 is 1.53. The van der Waals surface area contributed by atoms with Crippen LogP contribution in [0.1, 0.15) is 48.0 Å². The summed E-state index contributed by atoms with van der Waals surface area (Å²) in [6.45, 7) is 1.64. The summed E-state index contributed by atoms with van der Waals surface area (Å²) in [7, 11) is 0. The van der Waals surface area contributed by atoms with Crippen LogP contribution in [0.2, 0.25) is 0 Å². The number of hydrogen-bond acceptors (Lipinski definition) is 2. The Hall–Kier alpha value is -1.88. The molecule has 0 saturated heterocycles. The lowest BCUT2D eigenvalue weighted by molar-refractivity contribution is 0.102. The van der Waals surface area contributed by atoms with Crippen LogP contribution in [-0.2, 0) is 0 Å². The second-order valence-corrected chi connectivity index (χ2v) is 7.78. The number of aryl methyl sites for hydroxylation is 1. The Labute approximate surface area is 151 Å². The van der Waals surface area contributed by atoms with Crippen molar-refractivity contribution in [1.82, 2.24) is 0 Å². The first-order chi connectivity index (χ1) is 12.0. The minimum Gasteiger partial charge on any atom is -0.322 e. The zero-order valence-electron chi connectivity index (χ0n) is 14.1. The van der Waals surface area contributed by atoms with E-state index in [1.807, 2.05) is 0 Å². The number of nitrogens with one attached hydrogen (secondary N) is 1. The van der Waals surface area contributed by atoms with E-state index in [1.54, 1.807) is 19.1 Å². The first-order valence-electron chi connectivity index (χ1n) is 8.56. The normalized spacial score (nSPS) is 15.2. The maximum absolute atomic E-state index is 14.1. The molecule has 3 rings (SSSR count). The van der Waals surface area contributed by atoms with Crippen LogP contribution in [0.4, 0.5) is 14.5 Å². The summed E-state index contributed by atoms with van der Waals surface area (Å²) in [5.41, 5.74) is 1.39. The maximum atomic E-state index is 14.1. The van der Waals surface area contributed by atoms with Gasteiger partial charge < -0.3 is 5.32 Å². The van der Waals surface area contributed by atoms with Crippen LogP contribution in [0.3, 0.4) is 0 Å².